The third-order valence-corrected chi connectivity index (χ3v) is 5.55. The number of halogens is 2. The normalized spacial score (nSPS) is 17.0. The van der Waals surface area contributed by atoms with E-state index < -0.39 is 0 Å². The molecule has 0 bridgehead atoms. The Bertz CT molecular complexity index is 783. The number of carbonyl (C=O) groups is 2. The maximum atomic E-state index is 13.0. The first-order valence-corrected chi connectivity index (χ1v) is 9.64. The van der Waals surface area contributed by atoms with Gasteiger partial charge >= 0.3 is 0 Å². The maximum Gasteiger partial charge on any atom is 0.253 e. The molecule has 1 fully saturated rings. The van der Waals surface area contributed by atoms with Crippen molar-refractivity contribution >= 4 is 35.2 Å². The van der Waals surface area contributed by atoms with E-state index in [2.05, 4.69) is 5.32 Å². The summed E-state index contributed by atoms with van der Waals surface area (Å²) in [5.74, 6) is 0.0314. The predicted molar refractivity (Wildman–Crippen MR) is 102 cm³/mol. The van der Waals surface area contributed by atoms with Gasteiger partial charge in [0, 0.05) is 36.0 Å². The van der Waals surface area contributed by atoms with Crippen LogP contribution in [0.15, 0.2) is 48.5 Å². The standard InChI is InChI=1S/C19H18ClFN2O2S/c20-15-5-1-13(2-6-15)11-22-18(24)17-12-23(9-10-26-17)19(25)14-3-7-16(21)8-4-14/h1-8,17H,9-12H2,(H,22,24)/t17-/m0/s1. The fourth-order valence-electron chi connectivity index (χ4n) is 2.67. The quantitative estimate of drug-likeness (QED) is 0.868. The van der Waals surface area contributed by atoms with Crippen molar-refractivity contribution in [3.05, 3.63) is 70.5 Å². The molecule has 2 aromatic rings. The lowest BCUT2D eigenvalue weighted by Crippen LogP contribution is -2.47. The summed E-state index contributed by atoms with van der Waals surface area (Å²) in [5, 5.41) is 3.24. The highest BCUT2D eigenvalue weighted by Crippen LogP contribution is 2.21. The molecule has 1 aliphatic rings. The van der Waals surface area contributed by atoms with Crippen molar-refractivity contribution in [2.75, 3.05) is 18.8 Å². The Morgan fingerprint density at radius 2 is 1.85 bits per heavy atom. The van der Waals surface area contributed by atoms with Crippen LogP contribution in [0.5, 0.6) is 0 Å². The second-order valence-electron chi connectivity index (χ2n) is 5.96. The first-order valence-electron chi connectivity index (χ1n) is 8.21. The van der Waals surface area contributed by atoms with E-state index in [1.54, 1.807) is 28.8 Å². The monoisotopic (exact) mass is 392 g/mol. The molecule has 0 unspecified atom stereocenters. The number of thioether (sulfide) groups is 1. The molecule has 136 valence electrons. The van der Waals surface area contributed by atoms with E-state index in [0.717, 1.165) is 5.56 Å². The molecule has 26 heavy (non-hydrogen) atoms. The Morgan fingerprint density at radius 1 is 1.15 bits per heavy atom. The molecule has 0 aliphatic carbocycles. The van der Waals surface area contributed by atoms with Crippen LogP contribution in [0.3, 0.4) is 0 Å². The lowest BCUT2D eigenvalue weighted by Gasteiger charge is -2.31. The highest BCUT2D eigenvalue weighted by molar-refractivity contribution is 8.00. The number of hydrogen-bond donors (Lipinski definition) is 1. The van der Waals surface area contributed by atoms with Gasteiger partial charge in [0.2, 0.25) is 5.91 Å². The van der Waals surface area contributed by atoms with Crippen molar-refractivity contribution < 1.29 is 14.0 Å². The molecule has 2 amide bonds. The molecule has 0 spiro atoms. The fraction of sp³-hybridized carbons (Fsp3) is 0.263. The lowest BCUT2D eigenvalue weighted by molar-refractivity contribution is -0.121. The predicted octanol–water partition coefficient (Wildman–Crippen LogP) is 3.35. The van der Waals surface area contributed by atoms with Gasteiger partial charge < -0.3 is 10.2 Å². The molecule has 0 radical (unpaired) electrons. The van der Waals surface area contributed by atoms with Crippen LogP contribution in [0.2, 0.25) is 5.02 Å². The highest BCUT2D eigenvalue weighted by Gasteiger charge is 2.29. The summed E-state index contributed by atoms with van der Waals surface area (Å²) in [7, 11) is 0. The molecule has 7 heteroatoms. The Labute approximate surface area is 160 Å². The molecule has 1 aliphatic heterocycles. The van der Waals surface area contributed by atoms with Crippen molar-refractivity contribution in [1.29, 1.82) is 0 Å². The zero-order valence-corrected chi connectivity index (χ0v) is 15.5. The average molecular weight is 393 g/mol. The lowest BCUT2D eigenvalue weighted by atomic mass is 10.2. The molecule has 0 aromatic heterocycles. The minimum Gasteiger partial charge on any atom is -0.351 e. The summed E-state index contributed by atoms with van der Waals surface area (Å²) in [6.45, 7) is 1.33. The van der Waals surface area contributed by atoms with Crippen LogP contribution in [0.4, 0.5) is 4.39 Å². The minimum atomic E-state index is -0.379. The van der Waals surface area contributed by atoms with Gasteiger partial charge in [-0.3, -0.25) is 9.59 Å². The van der Waals surface area contributed by atoms with Gasteiger partial charge in [-0.1, -0.05) is 23.7 Å². The molecular weight excluding hydrogens is 375 g/mol. The third-order valence-electron chi connectivity index (χ3n) is 4.12. The second kappa shape index (κ2) is 8.56. The van der Waals surface area contributed by atoms with E-state index in [9.17, 15) is 14.0 Å². The summed E-state index contributed by atoms with van der Waals surface area (Å²) in [4.78, 5) is 26.6. The van der Waals surface area contributed by atoms with Crippen LogP contribution < -0.4 is 5.32 Å². The average Bonchev–Trinajstić information content (AvgIpc) is 2.67. The summed E-state index contributed by atoms with van der Waals surface area (Å²) in [5.41, 5.74) is 1.39. The van der Waals surface area contributed by atoms with Crippen molar-refractivity contribution in [2.45, 2.75) is 11.8 Å². The Morgan fingerprint density at radius 3 is 2.54 bits per heavy atom. The first kappa shape index (κ1) is 18.7. The van der Waals surface area contributed by atoms with Gasteiger partial charge in [-0.15, -0.1) is 11.8 Å². The third kappa shape index (κ3) is 4.77. The Kier molecular flexibility index (Phi) is 6.16. The first-order chi connectivity index (χ1) is 12.5. The van der Waals surface area contributed by atoms with Gasteiger partial charge in [0.1, 0.15) is 11.1 Å². The largest absolute Gasteiger partial charge is 0.351 e. The highest BCUT2D eigenvalue weighted by atomic mass is 35.5. The van der Waals surface area contributed by atoms with Crippen molar-refractivity contribution in [2.24, 2.45) is 0 Å². The minimum absolute atomic E-state index is 0.0958. The topological polar surface area (TPSA) is 49.4 Å². The van der Waals surface area contributed by atoms with Gasteiger partial charge in [0.05, 0.1) is 0 Å². The number of benzene rings is 2. The van der Waals surface area contributed by atoms with Crippen LogP contribution in [-0.2, 0) is 11.3 Å². The molecule has 0 saturated carbocycles. The van der Waals surface area contributed by atoms with Gasteiger partial charge in [0.15, 0.2) is 0 Å². The molecule has 1 saturated heterocycles. The van der Waals surface area contributed by atoms with E-state index in [1.165, 1.54) is 24.3 Å². The van der Waals surface area contributed by atoms with Gasteiger partial charge in [-0.2, -0.15) is 0 Å². The number of carbonyl (C=O) groups excluding carboxylic acids is 2. The van der Waals surface area contributed by atoms with Gasteiger partial charge in [-0.25, -0.2) is 4.39 Å². The SMILES string of the molecule is O=C(NCc1ccc(Cl)cc1)[C@@H]1CN(C(=O)c2ccc(F)cc2)CCS1. The van der Waals surface area contributed by atoms with Crippen LogP contribution >= 0.6 is 23.4 Å². The van der Waals surface area contributed by atoms with Crippen molar-refractivity contribution in [3.63, 3.8) is 0 Å². The van der Waals surface area contributed by atoms with Crippen molar-refractivity contribution in [1.82, 2.24) is 10.2 Å². The van der Waals surface area contributed by atoms with E-state index >= 15 is 0 Å². The summed E-state index contributed by atoms with van der Waals surface area (Å²) >= 11 is 7.39. The molecule has 4 nitrogen and oxygen atoms in total. The van der Waals surface area contributed by atoms with Crippen LogP contribution in [0.25, 0.3) is 0 Å². The van der Waals surface area contributed by atoms with Crippen LogP contribution in [0.1, 0.15) is 15.9 Å². The molecule has 1 N–H and O–H groups in total. The van der Waals surface area contributed by atoms with E-state index in [0.29, 0.717) is 36.0 Å². The van der Waals surface area contributed by atoms with Gasteiger partial charge in [0.25, 0.3) is 5.91 Å². The number of rotatable bonds is 4. The Balaban J connectivity index is 1.57. The fourth-order valence-corrected chi connectivity index (χ4v) is 3.93. The number of amides is 2. The molecule has 3 rings (SSSR count). The maximum absolute atomic E-state index is 13.0. The smallest absolute Gasteiger partial charge is 0.253 e. The van der Waals surface area contributed by atoms with Crippen LogP contribution in [0, 0.1) is 5.82 Å². The number of hydrogen-bond acceptors (Lipinski definition) is 3. The summed E-state index contributed by atoms with van der Waals surface area (Å²) in [6.07, 6.45) is 0. The van der Waals surface area contributed by atoms with E-state index in [4.69, 9.17) is 11.6 Å². The zero-order valence-electron chi connectivity index (χ0n) is 14.0. The van der Waals surface area contributed by atoms with Crippen molar-refractivity contribution in [3.8, 4) is 0 Å². The van der Waals surface area contributed by atoms with Crippen LogP contribution in [-0.4, -0.2) is 40.8 Å². The Hall–Kier alpha value is -2.05. The molecular formula is C19H18ClFN2O2S. The second-order valence-corrected chi connectivity index (χ2v) is 7.71. The summed E-state index contributed by atoms with van der Waals surface area (Å²) < 4.78 is 13.0. The summed E-state index contributed by atoms with van der Waals surface area (Å²) in [6, 6.07) is 12.7. The molecule has 1 heterocycles. The molecule has 2 aromatic carbocycles. The number of nitrogens with zero attached hydrogens (tertiary/aromatic N) is 1. The van der Waals surface area contributed by atoms with E-state index in [-0.39, 0.29) is 22.9 Å². The van der Waals surface area contributed by atoms with E-state index in [1.807, 2.05) is 12.1 Å². The molecule has 1 atom stereocenters. The number of nitrogens with one attached hydrogen (secondary N) is 1. The zero-order chi connectivity index (χ0) is 18.5. The van der Waals surface area contributed by atoms with Gasteiger partial charge in [-0.05, 0) is 42.0 Å².